The Labute approximate surface area is 135 Å². The third kappa shape index (κ3) is 3.76. The summed E-state index contributed by atoms with van der Waals surface area (Å²) in [5, 5.41) is 0. The first-order valence-corrected chi connectivity index (χ1v) is 8.12. The molecule has 0 saturated carbocycles. The van der Waals surface area contributed by atoms with Crippen molar-refractivity contribution in [2.75, 3.05) is 14.1 Å². The Morgan fingerprint density at radius 1 is 0.955 bits per heavy atom. The van der Waals surface area contributed by atoms with E-state index in [1.54, 1.807) is 0 Å². The summed E-state index contributed by atoms with van der Waals surface area (Å²) in [6.45, 7) is 2.23. The first-order valence-electron chi connectivity index (χ1n) is 8.12. The Morgan fingerprint density at radius 3 is 2.00 bits per heavy atom. The van der Waals surface area contributed by atoms with Crippen LogP contribution in [0.15, 0.2) is 60.7 Å². The van der Waals surface area contributed by atoms with Crippen LogP contribution < -0.4 is 5.73 Å². The van der Waals surface area contributed by atoms with E-state index in [1.807, 2.05) is 0 Å². The van der Waals surface area contributed by atoms with Crippen molar-refractivity contribution in [2.24, 2.45) is 5.73 Å². The molecule has 0 aliphatic carbocycles. The molecule has 0 heterocycles. The molecule has 0 fully saturated rings. The quantitative estimate of drug-likeness (QED) is 0.842. The Bertz CT molecular complexity index is 550. The number of likely N-dealkylation sites (N-methyl/N-ethyl adjacent to an activating group) is 1. The highest BCUT2D eigenvalue weighted by Crippen LogP contribution is 2.31. The summed E-state index contributed by atoms with van der Waals surface area (Å²) in [7, 11) is 4.27. The van der Waals surface area contributed by atoms with Gasteiger partial charge in [0.1, 0.15) is 0 Å². The van der Waals surface area contributed by atoms with Crippen molar-refractivity contribution < 1.29 is 0 Å². The van der Waals surface area contributed by atoms with Crippen LogP contribution in [-0.2, 0) is 12.0 Å². The van der Waals surface area contributed by atoms with Crippen molar-refractivity contribution in [3.05, 3.63) is 71.8 Å². The molecule has 0 bridgehead atoms. The zero-order valence-corrected chi connectivity index (χ0v) is 14.0. The summed E-state index contributed by atoms with van der Waals surface area (Å²) in [5.74, 6) is 0. The highest BCUT2D eigenvalue weighted by Gasteiger charge is 2.37. The van der Waals surface area contributed by atoms with Crippen molar-refractivity contribution in [1.29, 1.82) is 0 Å². The van der Waals surface area contributed by atoms with Gasteiger partial charge in [-0.2, -0.15) is 0 Å². The number of hydrogen-bond acceptors (Lipinski definition) is 2. The maximum atomic E-state index is 7.04. The lowest BCUT2D eigenvalue weighted by molar-refractivity contribution is 0.162. The van der Waals surface area contributed by atoms with Gasteiger partial charge in [0, 0.05) is 6.04 Å². The second-order valence-corrected chi connectivity index (χ2v) is 6.34. The van der Waals surface area contributed by atoms with Crippen LogP contribution in [0.5, 0.6) is 0 Å². The summed E-state index contributed by atoms with van der Waals surface area (Å²) >= 11 is 0. The first-order chi connectivity index (χ1) is 10.6. The molecular weight excluding hydrogens is 268 g/mol. The molecule has 2 nitrogen and oxygen atoms in total. The molecule has 2 atom stereocenters. The minimum absolute atomic E-state index is 0.306. The van der Waals surface area contributed by atoms with E-state index in [9.17, 15) is 0 Å². The summed E-state index contributed by atoms with van der Waals surface area (Å²) < 4.78 is 0. The summed E-state index contributed by atoms with van der Waals surface area (Å²) in [6.07, 6.45) is 3.06. The van der Waals surface area contributed by atoms with Crippen LogP contribution in [0.2, 0.25) is 0 Å². The van der Waals surface area contributed by atoms with Gasteiger partial charge >= 0.3 is 0 Å². The molecule has 2 heteroatoms. The Hall–Kier alpha value is -1.64. The zero-order valence-electron chi connectivity index (χ0n) is 14.0. The predicted octanol–water partition coefficient (Wildman–Crippen LogP) is 3.81. The van der Waals surface area contributed by atoms with Gasteiger partial charge in [0.2, 0.25) is 0 Å². The van der Waals surface area contributed by atoms with Crippen LogP contribution in [0.4, 0.5) is 0 Å². The van der Waals surface area contributed by atoms with E-state index in [-0.39, 0.29) is 5.54 Å². The van der Waals surface area contributed by atoms with Gasteiger partial charge in [-0.05, 0) is 38.1 Å². The molecule has 0 spiro atoms. The van der Waals surface area contributed by atoms with E-state index < -0.39 is 0 Å². The van der Waals surface area contributed by atoms with Crippen LogP contribution in [0.3, 0.4) is 0 Å². The number of hydrogen-bond donors (Lipinski definition) is 1. The molecule has 0 saturated heterocycles. The summed E-state index contributed by atoms with van der Waals surface area (Å²) in [5.41, 5.74) is 9.16. The first kappa shape index (κ1) is 16.7. The lowest BCUT2D eigenvalue weighted by atomic mass is 9.76. The van der Waals surface area contributed by atoms with Gasteiger partial charge in [-0.3, -0.25) is 0 Å². The average Bonchev–Trinajstić information content (AvgIpc) is 2.54. The van der Waals surface area contributed by atoms with E-state index in [4.69, 9.17) is 5.73 Å². The van der Waals surface area contributed by atoms with Crippen molar-refractivity contribution in [3.8, 4) is 0 Å². The normalized spacial score (nSPS) is 15.5. The topological polar surface area (TPSA) is 29.3 Å². The molecule has 0 radical (unpaired) electrons. The molecule has 2 N–H and O–H groups in total. The monoisotopic (exact) mass is 296 g/mol. The lowest BCUT2D eigenvalue weighted by Gasteiger charge is -2.42. The number of rotatable bonds is 7. The fraction of sp³-hybridized carbons (Fsp3) is 0.400. The SMILES string of the molecule is CCCC(N(C)C)C(N)(Cc1ccccc1)c1ccccc1. The van der Waals surface area contributed by atoms with Crippen LogP contribution >= 0.6 is 0 Å². The summed E-state index contributed by atoms with van der Waals surface area (Å²) in [6, 6.07) is 21.4. The standard InChI is InChI=1S/C20H28N2/c1-4-11-19(22(2)3)20(21,18-14-9-6-10-15-18)16-17-12-7-5-8-13-17/h5-10,12-15,19H,4,11,16,21H2,1-3H3. The molecule has 118 valence electrons. The second kappa shape index (κ2) is 7.57. The minimum Gasteiger partial charge on any atom is -0.320 e. The van der Waals surface area contributed by atoms with Gasteiger partial charge in [0.15, 0.2) is 0 Å². The van der Waals surface area contributed by atoms with Gasteiger partial charge in [0.25, 0.3) is 0 Å². The fourth-order valence-corrected chi connectivity index (χ4v) is 3.34. The maximum absolute atomic E-state index is 7.04. The molecule has 0 aliphatic rings. The van der Waals surface area contributed by atoms with Gasteiger partial charge in [-0.25, -0.2) is 0 Å². The average molecular weight is 296 g/mol. The molecule has 0 aliphatic heterocycles. The molecule has 2 aromatic carbocycles. The van der Waals surface area contributed by atoms with Gasteiger partial charge < -0.3 is 10.6 Å². The van der Waals surface area contributed by atoms with Crippen LogP contribution in [0.25, 0.3) is 0 Å². The van der Waals surface area contributed by atoms with Crippen molar-refractivity contribution in [2.45, 2.75) is 37.8 Å². The Kier molecular flexibility index (Phi) is 5.76. The largest absolute Gasteiger partial charge is 0.320 e. The molecule has 2 aromatic rings. The van der Waals surface area contributed by atoms with E-state index in [0.29, 0.717) is 6.04 Å². The van der Waals surface area contributed by atoms with E-state index in [1.165, 1.54) is 11.1 Å². The molecule has 0 aromatic heterocycles. The number of nitrogens with two attached hydrogens (primary N) is 1. The van der Waals surface area contributed by atoms with Crippen LogP contribution in [-0.4, -0.2) is 25.0 Å². The highest BCUT2D eigenvalue weighted by atomic mass is 15.1. The van der Waals surface area contributed by atoms with E-state index >= 15 is 0 Å². The highest BCUT2D eigenvalue weighted by molar-refractivity contribution is 5.30. The fourth-order valence-electron chi connectivity index (χ4n) is 3.34. The predicted molar refractivity (Wildman–Crippen MR) is 94.8 cm³/mol. The minimum atomic E-state index is -0.387. The Balaban J connectivity index is 2.43. The third-order valence-corrected chi connectivity index (χ3v) is 4.43. The molecular formula is C20H28N2. The van der Waals surface area contributed by atoms with Gasteiger partial charge in [-0.1, -0.05) is 74.0 Å². The van der Waals surface area contributed by atoms with Crippen molar-refractivity contribution >= 4 is 0 Å². The number of nitrogens with zero attached hydrogens (tertiary/aromatic N) is 1. The van der Waals surface area contributed by atoms with E-state index in [2.05, 4.69) is 86.6 Å². The van der Waals surface area contributed by atoms with Crippen molar-refractivity contribution in [3.63, 3.8) is 0 Å². The van der Waals surface area contributed by atoms with Gasteiger partial charge in [0.05, 0.1) is 5.54 Å². The van der Waals surface area contributed by atoms with Crippen LogP contribution in [0, 0.1) is 0 Å². The molecule has 0 amide bonds. The number of benzene rings is 2. The smallest absolute Gasteiger partial charge is 0.0607 e. The van der Waals surface area contributed by atoms with E-state index in [0.717, 1.165) is 19.3 Å². The Morgan fingerprint density at radius 2 is 1.50 bits per heavy atom. The molecule has 22 heavy (non-hydrogen) atoms. The molecule has 2 rings (SSSR count). The second-order valence-electron chi connectivity index (χ2n) is 6.34. The maximum Gasteiger partial charge on any atom is 0.0607 e. The zero-order chi connectivity index (χ0) is 16.0. The molecule has 2 unspecified atom stereocenters. The van der Waals surface area contributed by atoms with Crippen molar-refractivity contribution in [1.82, 2.24) is 4.90 Å². The lowest BCUT2D eigenvalue weighted by Crippen LogP contribution is -2.55. The third-order valence-electron chi connectivity index (χ3n) is 4.43. The summed E-state index contributed by atoms with van der Waals surface area (Å²) in [4.78, 5) is 2.28. The van der Waals surface area contributed by atoms with Crippen LogP contribution in [0.1, 0.15) is 30.9 Å². The van der Waals surface area contributed by atoms with Gasteiger partial charge in [-0.15, -0.1) is 0 Å².